The van der Waals surface area contributed by atoms with E-state index < -0.39 is 0 Å². The van der Waals surface area contributed by atoms with Gasteiger partial charge in [-0.1, -0.05) is 0 Å². The molecule has 1 aliphatic heterocycles. The van der Waals surface area contributed by atoms with Crippen LogP contribution in [0.1, 0.15) is 25.7 Å². The molecule has 7 heteroatoms. The molecule has 3 heterocycles. The lowest BCUT2D eigenvalue weighted by atomic mass is 10.1. The summed E-state index contributed by atoms with van der Waals surface area (Å²) >= 11 is 1.75. The molecule has 150 valence electrons. The van der Waals surface area contributed by atoms with Crippen molar-refractivity contribution in [1.29, 1.82) is 0 Å². The maximum atomic E-state index is 6.22. The lowest BCUT2D eigenvalue weighted by molar-refractivity contribution is 0.170. The summed E-state index contributed by atoms with van der Waals surface area (Å²) in [6.07, 6.45) is 10.2. The van der Waals surface area contributed by atoms with E-state index in [4.69, 9.17) is 14.7 Å². The molecule has 6 nitrogen and oxygen atoms in total. The Labute approximate surface area is 175 Å². The highest BCUT2D eigenvalue weighted by Gasteiger charge is 2.28. The second-order valence-electron chi connectivity index (χ2n) is 7.66. The van der Waals surface area contributed by atoms with Gasteiger partial charge in [0, 0.05) is 43.1 Å². The van der Waals surface area contributed by atoms with E-state index >= 15 is 0 Å². The summed E-state index contributed by atoms with van der Waals surface area (Å²) < 4.78 is 6.22. The number of hydrogen-bond acceptors (Lipinski definition) is 7. The van der Waals surface area contributed by atoms with Crippen LogP contribution >= 0.6 is 11.8 Å². The largest absolute Gasteiger partial charge is 0.490 e. The van der Waals surface area contributed by atoms with Gasteiger partial charge in [0.1, 0.15) is 17.4 Å². The predicted octanol–water partition coefficient (Wildman–Crippen LogP) is 4.37. The van der Waals surface area contributed by atoms with E-state index in [-0.39, 0.29) is 6.10 Å². The molecule has 5 rings (SSSR count). The molecule has 0 atom stereocenters. The van der Waals surface area contributed by atoms with E-state index in [1.54, 1.807) is 24.2 Å². The number of fused-ring (bicyclic) bond motifs is 1. The first-order chi connectivity index (χ1) is 14.3. The van der Waals surface area contributed by atoms with Gasteiger partial charge in [-0.2, -0.15) is 0 Å². The van der Waals surface area contributed by atoms with Gasteiger partial charge in [-0.15, -0.1) is 11.8 Å². The first kappa shape index (κ1) is 18.5. The van der Waals surface area contributed by atoms with Crippen LogP contribution in [-0.4, -0.2) is 46.4 Å². The highest BCUT2D eigenvalue weighted by Crippen LogP contribution is 2.32. The van der Waals surface area contributed by atoms with Crippen molar-refractivity contribution in [3.05, 3.63) is 42.7 Å². The van der Waals surface area contributed by atoms with Crippen LogP contribution < -0.4 is 15.0 Å². The molecule has 1 aromatic carbocycles. The number of piperidine rings is 1. The van der Waals surface area contributed by atoms with Crippen molar-refractivity contribution in [2.45, 2.75) is 42.7 Å². The number of rotatable bonds is 6. The van der Waals surface area contributed by atoms with Crippen LogP contribution in [0.3, 0.4) is 0 Å². The van der Waals surface area contributed by atoms with Crippen molar-refractivity contribution in [2.75, 3.05) is 29.6 Å². The van der Waals surface area contributed by atoms with Gasteiger partial charge >= 0.3 is 0 Å². The van der Waals surface area contributed by atoms with Crippen LogP contribution in [0, 0.1) is 0 Å². The Balaban J connectivity index is 1.29. The molecule has 1 aliphatic carbocycles. The molecule has 1 saturated heterocycles. The number of nitrogens with one attached hydrogen (secondary N) is 1. The molecular weight excluding hydrogens is 382 g/mol. The maximum absolute atomic E-state index is 6.22. The van der Waals surface area contributed by atoms with Crippen LogP contribution in [-0.2, 0) is 0 Å². The van der Waals surface area contributed by atoms with Crippen molar-refractivity contribution >= 4 is 34.4 Å². The van der Waals surface area contributed by atoms with Crippen molar-refractivity contribution in [3.63, 3.8) is 0 Å². The van der Waals surface area contributed by atoms with Crippen LogP contribution in [0.25, 0.3) is 11.0 Å². The lowest BCUT2D eigenvalue weighted by Gasteiger charge is -2.33. The van der Waals surface area contributed by atoms with Gasteiger partial charge in [0.05, 0.1) is 11.7 Å². The fourth-order valence-electron chi connectivity index (χ4n) is 3.67. The Morgan fingerprint density at radius 2 is 1.79 bits per heavy atom. The molecule has 0 radical (unpaired) electrons. The maximum Gasteiger partial charge on any atom is 0.172 e. The van der Waals surface area contributed by atoms with E-state index in [2.05, 4.69) is 45.7 Å². The lowest BCUT2D eigenvalue weighted by Crippen LogP contribution is -2.39. The minimum Gasteiger partial charge on any atom is -0.490 e. The van der Waals surface area contributed by atoms with E-state index in [9.17, 15) is 0 Å². The first-order valence-corrected chi connectivity index (χ1v) is 11.4. The smallest absolute Gasteiger partial charge is 0.172 e. The van der Waals surface area contributed by atoms with Gasteiger partial charge in [-0.25, -0.2) is 9.97 Å². The summed E-state index contributed by atoms with van der Waals surface area (Å²) in [5.41, 5.74) is 1.73. The molecule has 2 aliphatic rings. The van der Waals surface area contributed by atoms with Crippen molar-refractivity contribution < 1.29 is 4.74 Å². The molecule has 2 aromatic heterocycles. The SMILES string of the molecule is CSc1ccc(OC2CCN(c3nc4cnccc4nc3NC3CC3)CC2)cc1. The van der Waals surface area contributed by atoms with Crippen LogP contribution in [0.4, 0.5) is 11.6 Å². The summed E-state index contributed by atoms with van der Waals surface area (Å²) in [6, 6.07) is 10.8. The van der Waals surface area contributed by atoms with Gasteiger partial charge in [0.2, 0.25) is 0 Å². The normalized spacial score (nSPS) is 17.5. The number of aromatic nitrogens is 3. The van der Waals surface area contributed by atoms with Gasteiger partial charge in [0.25, 0.3) is 0 Å². The molecule has 2 fully saturated rings. The number of ether oxygens (including phenoxy) is 1. The third-order valence-electron chi connectivity index (χ3n) is 5.47. The fourth-order valence-corrected chi connectivity index (χ4v) is 4.08. The van der Waals surface area contributed by atoms with Crippen molar-refractivity contribution in [2.24, 2.45) is 0 Å². The Kier molecular flexibility index (Phi) is 5.14. The highest BCUT2D eigenvalue weighted by molar-refractivity contribution is 7.98. The average molecular weight is 408 g/mol. The van der Waals surface area contributed by atoms with Gasteiger partial charge in [0.15, 0.2) is 11.6 Å². The van der Waals surface area contributed by atoms with E-state index in [0.717, 1.165) is 54.3 Å². The Morgan fingerprint density at radius 1 is 1.00 bits per heavy atom. The Morgan fingerprint density at radius 3 is 2.52 bits per heavy atom. The number of thioether (sulfide) groups is 1. The molecule has 0 unspecified atom stereocenters. The number of hydrogen-bond donors (Lipinski definition) is 1. The number of nitrogens with zero attached hydrogens (tertiary/aromatic N) is 4. The van der Waals surface area contributed by atoms with Gasteiger partial charge < -0.3 is 15.0 Å². The average Bonchev–Trinajstić information content (AvgIpc) is 3.58. The molecule has 0 amide bonds. The summed E-state index contributed by atoms with van der Waals surface area (Å²) in [5.74, 6) is 2.80. The molecular formula is C22H25N5OS. The number of anilines is 2. The number of benzene rings is 1. The zero-order chi connectivity index (χ0) is 19.6. The third kappa shape index (κ3) is 4.24. The Bertz CT molecular complexity index is 984. The summed E-state index contributed by atoms with van der Waals surface area (Å²) in [5, 5.41) is 3.57. The Hall–Kier alpha value is -2.54. The zero-order valence-electron chi connectivity index (χ0n) is 16.5. The van der Waals surface area contributed by atoms with E-state index in [0.29, 0.717) is 6.04 Å². The molecule has 3 aromatic rings. The summed E-state index contributed by atoms with van der Waals surface area (Å²) in [6.45, 7) is 1.82. The molecule has 1 N–H and O–H groups in total. The molecule has 0 spiro atoms. The summed E-state index contributed by atoms with van der Waals surface area (Å²) in [7, 11) is 0. The predicted molar refractivity (Wildman–Crippen MR) is 118 cm³/mol. The first-order valence-electron chi connectivity index (χ1n) is 10.2. The van der Waals surface area contributed by atoms with E-state index in [1.165, 1.54) is 17.7 Å². The number of pyridine rings is 1. The van der Waals surface area contributed by atoms with Gasteiger partial charge in [-0.3, -0.25) is 4.98 Å². The topological polar surface area (TPSA) is 63.2 Å². The molecule has 0 bridgehead atoms. The second kappa shape index (κ2) is 8.06. The molecule has 1 saturated carbocycles. The van der Waals surface area contributed by atoms with Crippen LogP contribution in [0.15, 0.2) is 47.6 Å². The second-order valence-corrected chi connectivity index (χ2v) is 8.54. The zero-order valence-corrected chi connectivity index (χ0v) is 17.4. The third-order valence-corrected chi connectivity index (χ3v) is 6.21. The van der Waals surface area contributed by atoms with E-state index in [1.807, 2.05) is 6.07 Å². The van der Waals surface area contributed by atoms with Crippen LogP contribution in [0.5, 0.6) is 5.75 Å². The molecule has 29 heavy (non-hydrogen) atoms. The quantitative estimate of drug-likeness (QED) is 0.609. The van der Waals surface area contributed by atoms with Crippen molar-refractivity contribution in [1.82, 2.24) is 15.0 Å². The minimum absolute atomic E-state index is 0.237. The van der Waals surface area contributed by atoms with Gasteiger partial charge in [-0.05, 0) is 49.4 Å². The fraction of sp³-hybridized carbons (Fsp3) is 0.409. The highest BCUT2D eigenvalue weighted by atomic mass is 32.2. The van der Waals surface area contributed by atoms with Crippen molar-refractivity contribution in [3.8, 4) is 5.75 Å². The minimum atomic E-state index is 0.237. The standard InChI is InChI=1S/C22H25N5OS/c1-29-18-6-4-16(5-7-18)28-17-9-12-27(13-10-17)22-21(24-15-2-3-15)25-19-8-11-23-14-20(19)26-22/h4-8,11,14-15,17H,2-3,9-10,12-13H2,1H3,(H,24,25). The monoisotopic (exact) mass is 407 g/mol. The summed E-state index contributed by atoms with van der Waals surface area (Å²) in [4.78, 5) is 17.5. The van der Waals surface area contributed by atoms with Crippen LogP contribution in [0.2, 0.25) is 0 Å².